The van der Waals surface area contributed by atoms with Crippen molar-refractivity contribution in [1.29, 1.82) is 0 Å². The topological polar surface area (TPSA) is 107 Å². The van der Waals surface area contributed by atoms with Crippen LogP contribution in [-0.2, 0) is 20.7 Å². The van der Waals surface area contributed by atoms with E-state index in [2.05, 4.69) is 5.32 Å². The van der Waals surface area contributed by atoms with Crippen LogP contribution in [0.2, 0.25) is 0 Å². The summed E-state index contributed by atoms with van der Waals surface area (Å²) in [7, 11) is 0. The summed E-state index contributed by atoms with van der Waals surface area (Å²) < 4.78 is 12.3. The number of hydrogen-bond donors (Lipinski definition) is 2. The predicted octanol–water partition coefficient (Wildman–Crippen LogP) is 4.48. The van der Waals surface area contributed by atoms with Crippen molar-refractivity contribution in [2.75, 3.05) is 0 Å². The third-order valence-electron chi connectivity index (χ3n) is 5.22. The molecule has 2 N–H and O–H groups in total. The van der Waals surface area contributed by atoms with Crippen LogP contribution in [0.3, 0.4) is 0 Å². The summed E-state index contributed by atoms with van der Waals surface area (Å²) >= 11 is 0. The number of aromatic nitrogens is 1. The maximum absolute atomic E-state index is 12.8. The van der Waals surface area contributed by atoms with Gasteiger partial charge in [-0.1, -0.05) is 24.6 Å². The van der Waals surface area contributed by atoms with E-state index in [4.69, 9.17) is 9.47 Å². The Morgan fingerprint density at radius 1 is 1.16 bits per heavy atom. The van der Waals surface area contributed by atoms with Gasteiger partial charge in [0.05, 0.1) is 5.52 Å². The van der Waals surface area contributed by atoms with E-state index in [0.717, 1.165) is 37.5 Å². The van der Waals surface area contributed by atoms with Gasteiger partial charge in [-0.15, -0.1) is 0 Å². The van der Waals surface area contributed by atoms with E-state index >= 15 is 0 Å². The molecule has 8 heteroatoms. The van der Waals surface area contributed by atoms with Gasteiger partial charge in [-0.05, 0) is 58.1 Å². The van der Waals surface area contributed by atoms with Crippen LogP contribution in [-0.4, -0.2) is 45.6 Å². The predicted molar refractivity (Wildman–Crippen MR) is 115 cm³/mol. The number of ether oxygens (including phenoxy) is 2. The molecule has 3 rings (SSSR count). The van der Waals surface area contributed by atoms with E-state index in [-0.39, 0.29) is 12.5 Å². The maximum atomic E-state index is 12.8. The largest absolute Gasteiger partial charge is 0.480 e. The lowest BCUT2D eigenvalue weighted by Crippen LogP contribution is -2.44. The number of para-hydroxylation sites is 1. The monoisotopic (exact) mass is 430 g/mol. The van der Waals surface area contributed by atoms with Crippen LogP contribution in [0.25, 0.3) is 10.9 Å². The molecule has 1 fully saturated rings. The van der Waals surface area contributed by atoms with Crippen LogP contribution < -0.4 is 5.32 Å². The number of nitrogens with one attached hydrogen (secondary N) is 1. The van der Waals surface area contributed by atoms with Crippen LogP contribution in [0.5, 0.6) is 0 Å². The highest BCUT2D eigenvalue weighted by Crippen LogP contribution is 2.25. The van der Waals surface area contributed by atoms with Crippen LogP contribution in [0.4, 0.5) is 9.59 Å². The van der Waals surface area contributed by atoms with E-state index < -0.39 is 29.8 Å². The number of carboxylic acids is 1. The Morgan fingerprint density at radius 2 is 1.84 bits per heavy atom. The van der Waals surface area contributed by atoms with E-state index in [1.165, 1.54) is 4.57 Å². The Morgan fingerprint density at radius 3 is 2.48 bits per heavy atom. The fraction of sp³-hybridized carbons (Fsp3) is 0.522. The van der Waals surface area contributed by atoms with E-state index in [9.17, 15) is 19.5 Å². The zero-order chi connectivity index (χ0) is 22.6. The highest BCUT2D eigenvalue weighted by atomic mass is 16.6. The smallest absolute Gasteiger partial charge is 0.418 e. The van der Waals surface area contributed by atoms with Crippen molar-refractivity contribution in [2.24, 2.45) is 0 Å². The first-order chi connectivity index (χ1) is 14.6. The first-order valence-electron chi connectivity index (χ1n) is 10.7. The summed E-state index contributed by atoms with van der Waals surface area (Å²) in [5.74, 6) is -1.19. The lowest BCUT2D eigenvalue weighted by molar-refractivity contribution is -0.139. The van der Waals surface area contributed by atoms with Crippen LogP contribution >= 0.6 is 0 Å². The van der Waals surface area contributed by atoms with Gasteiger partial charge in [0.25, 0.3) is 0 Å². The minimum Gasteiger partial charge on any atom is -0.480 e. The number of carbonyl (C=O) groups excluding carboxylic acids is 2. The van der Waals surface area contributed by atoms with Crippen molar-refractivity contribution in [3.05, 3.63) is 36.0 Å². The second kappa shape index (κ2) is 9.41. The molecular formula is C23H30N2O6. The molecule has 0 bridgehead atoms. The van der Waals surface area contributed by atoms with Gasteiger partial charge in [0, 0.05) is 18.0 Å². The molecule has 1 aliphatic carbocycles. The zero-order valence-corrected chi connectivity index (χ0v) is 18.2. The van der Waals surface area contributed by atoms with E-state index in [0.29, 0.717) is 11.1 Å². The number of carbonyl (C=O) groups is 3. The Balaban J connectivity index is 1.81. The van der Waals surface area contributed by atoms with Crippen molar-refractivity contribution in [2.45, 2.75) is 77.0 Å². The molecule has 8 nitrogen and oxygen atoms in total. The first-order valence-corrected chi connectivity index (χ1v) is 10.7. The van der Waals surface area contributed by atoms with Crippen LogP contribution in [0.15, 0.2) is 30.5 Å². The lowest BCUT2D eigenvalue weighted by atomic mass is 9.98. The van der Waals surface area contributed by atoms with E-state index in [1.807, 2.05) is 18.2 Å². The van der Waals surface area contributed by atoms with Gasteiger partial charge in [-0.2, -0.15) is 0 Å². The standard InChI is InChI=1S/C23H30N2O6/c1-23(2,3)31-21(28)24-18(20(26)27)13-15-14-25(19-12-8-7-11-17(15)19)22(29)30-16-9-5-4-6-10-16/h7-8,11-12,14,16,18H,4-6,9-10,13H2,1-3H3,(H,24,28)(H,26,27)/t18-/m0/s1. The van der Waals surface area contributed by atoms with Crippen molar-refractivity contribution in [1.82, 2.24) is 9.88 Å². The molecule has 0 aliphatic heterocycles. The maximum Gasteiger partial charge on any atom is 0.418 e. The molecule has 1 aliphatic rings. The van der Waals surface area contributed by atoms with Crippen LogP contribution in [0, 0.1) is 0 Å². The molecule has 1 aromatic heterocycles. The van der Waals surface area contributed by atoms with Gasteiger partial charge in [-0.25, -0.2) is 14.4 Å². The molecular weight excluding hydrogens is 400 g/mol. The molecule has 0 radical (unpaired) electrons. The third kappa shape index (κ3) is 5.99. The summed E-state index contributed by atoms with van der Waals surface area (Å²) in [6.45, 7) is 5.11. The number of rotatable bonds is 5. The molecule has 0 unspecified atom stereocenters. The number of fused-ring (bicyclic) bond motifs is 1. The van der Waals surface area contributed by atoms with Crippen molar-refractivity contribution >= 4 is 29.1 Å². The Hall–Kier alpha value is -3.03. The number of aliphatic carboxylic acids is 1. The molecule has 0 saturated heterocycles. The van der Waals surface area contributed by atoms with E-state index in [1.54, 1.807) is 33.0 Å². The average Bonchev–Trinajstić information content (AvgIpc) is 3.05. The second-order valence-electron chi connectivity index (χ2n) is 8.93. The molecule has 1 heterocycles. The summed E-state index contributed by atoms with van der Waals surface area (Å²) in [6.07, 6.45) is 5.21. The van der Waals surface area contributed by atoms with Crippen molar-refractivity contribution in [3.63, 3.8) is 0 Å². The first kappa shape index (κ1) is 22.7. The number of benzene rings is 1. The Kier molecular flexibility index (Phi) is 6.87. The number of hydrogen-bond acceptors (Lipinski definition) is 5. The van der Waals surface area contributed by atoms with Gasteiger partial charge in [0.1, 0.15) is 17.7 Å². The lowest BCUT2D eigenvalue weighted by Gasteiger charge is -2.22. The molecule has 1 aromatic carbocycles. The van der Waals surface area contributed by atoms with Gasteiger partial charge in [-0.3, -0.25) is 4.57 Å². The fourth-order valence-electron chi connectivity index (χ4n) is 3.82. The number of nitrogens with zero attached hydrogens (tertiary/aromatic N) is 1. The Bertz CT molecular complexity index is 953. The van der Waals surface area contributed by atoms with Crippen molar-refractivity contribution in [3.8, 4) is 0 Å². The summed E-state index contributed by atoms with van der Waals surface area (Å²) in [6, 6.07) is 6.03. The molecule has 2 aromatic rings. The minimum absolute atomic E-state index is 0.00119. The van der Waals surface area contributed by atoms with Crippen LogP contribution in [0.1, 0.15) is 58.4 Å². The second-order valence-corrected chi connectivity index (χ2v) is 8.93. The summed E-state index contributed by atoms with van der Waals surface area (Å²) in [5.41, 5.74) is 0.519. The molecule has 168 valence electrons. The SMILES string of the molecule is CC(C)(C)OC(=O)N[C@@H](Cc1cn(C(=O)OC2CCCCC2)c2ccccc12)C(=O)O. The van der Waals surface area contributed by atoms with Gasteiger partial charge in [0.15, 0.2) is 0 Å². The zero-order valence-electron chi connectivity index (χ0n) is 18.2. The van der Waals surface area contributed by atoms with Gasteiger partial charge >= 0.3 is 18.2 Å². The van der Waals surface area contributed by atoms with Gasteiger partial charge in [0.2, 0.25) is 0 Å². The number of alkyl carbamates (subject to hydrolysis) is 1. The van der Waals surface area contributed by atoms with Crippen molar-refractivity contribution < 1.29 is 29.0 Å². The molecule has 1 amide bonds. The average molecular weight is 431 g/mol. The third-order valence-corrected chi connectivity index (χ3v) is 5.22. The summed E-state index contributed by atoms with van der Waals surface area (Å²) in [5, 5.41) is 12.8. The van der Waals surface area contributed by atoms with Gasteiger partial charge < -0.3 is 19.9 Å². The molecule has 1 saturated carbocycles. The molecule has 31 heavy (non-hydrogen) atoms. The molecule has 0 spiro atoms. The highest BCUT2D eigenvalue weighted by Gasteiger charge is 2.27. The quantitative estimate of drug-likeness (QED) is 0.724. The number of carboxylic acid groups (broad SMARTS) is 1. The minimum atomic E-state index is -1.21. The normalized spacial score (nSPS) is 16.0. The summed E-state index contributed by atoms with van der Waals surface area (Å²) in [4.78, 5) is 36.7. The Labute approximate surface area is 181 Å². The highest BCUT2D eigenvalue weighted by molar-refractivity contribution is 5.92. The number of amides is 1. The fourth-order valence-corrected chi connectivity index (χ4v) is 3.82. The molecule has 1 atom stereocenters.